The van der Waals surface area contributed by atoms with Crippen molar-refractivity contribution in [3.8, 4) is 11.1 Å². The zero-order chi connectivity index (χ0) is 19.4. The van der Waals surface area contributed by atoms with Crippen molar-refractivity contribution in [1.29, 1.82) is 0 Å². The molecule has 0 bridgehead atoms. The van der Waals surface area contributed by atoms with Crippen LogP contribution in [0.15, 0.2) is 61.4 Å². The molecule has 0 spiro atoms. The van der Waals surface area contributed by atoms with E-state index in [2.05, 4.69) is 41.7 Å². The van der Waals surface area contributed by atoms with Crippen molar-refractivity contribution < 1.29 is 4.92 Å². The summed E-state index contributed by atoms with van der Waals surface area (Å²) in [6.07, 6.45) is 8.26. The second-order valence-corrected chi connectivity index (χ2v) is 6.22. The second-order valence-electron chi connectivity index (χ2n) is 6.22. The maximum atomic E-state index is 10.8. The van der Waals surface area contributed by atoms with Gasteiger partial charge in [0.2, 0.25) is 0 Å². The first-order valence-electron chi connectivity index (χ1n) is 8.76. The van der Waals surface area contributed by atoms with Crippen molar-refractivity contribution >= 4 is 17.5 Å². The van der Waals surface area contributed by atoms with Crippen LogP contribution in [0.3, 0.4) is 0 Å². The summed E-state index contributed by atoms with van der Waals surface area (Å²) in [4.78, 5) is 17.5. The smallest absolute Gasteiger partial charge is 0.363 e. The Labute approximate surface area is 158 Å². The van der Waals surface area contributed by atoms with Gasteiger partial charge in [-0.2, -0.15) is 0 Å². The van der Waals surface area contributed by atoms with E-state index in [1.807, 2.05) is 25.3 Å². The lowest BCUT2D eigenvalue weighted by molar-refractivity contribution is -0.389. The largest absolute Gasteiger partial charge is 0.364 e. The van der Waals surface area contributed by atoms with Crippen molar-refractivity contribution in [2.75, 3.05) is 0 Å². The fourth-order valence-corrected chi connectivity index (χ4v) is 3.12. The molecule has 0 amide bonds. The minimum atomic E-state index is -0.503. The van der Waals surface area contributed by atoms with Gasteiger partial charge in [0.25, 0.3) is 0 Å². The monoisotopic (exact) mass is 359 g/mol. The summed E-state index contributed by atoms with van der Waals surface area (Å²) < 4.78 is 0. The van der Waals surface area contributed by atoms with Crippen LogP contribution in [0.25, 0.3) is 22.8 Å². The average molecular weight is 359 g/mol. The van der Waals surface area contributed by atoms with Gasteiger partial charge in [-0.05, 0) is 52.1 Å². The molecule has 0 aliphatic heterocycles. The highest BCUT2D eigenvalue weighted by Crippen LogP contribution is 2.32. The summed E-state index contributed by atoms with van der Waals surface area (Å²) in [6, 6.07) is 11.5. The minimum Gasteiger partial charge on any atom is -0.364 e. The molecule has 1 N–H and O–H groups in total. The van der Waals surface area contributed by atoms with E-state index in [1.54, 1.807) is 12.1 Å². The fourth-order valence-electron chi connectivity index (χ4n) is 3.12. The molecule has 5 nitrogen and oxygen atoms in total. The quantitative estimate of drug-likeness (QED) is 0.355. The molecule has 0 atom stereocenters. The zero-order valence-corrected chi connectivity index (χ0v) is 15.4. The lowest BCUT2D eigenvalue weighted by Gasteiger charge is -2.09. The van der Waals surface area contributed by atoms with Crippen molar-refractivity contribution in [1.82, 2.24) is 9.97 Å². The number of benzene rings is 1. The Morgan fingerprint density at radius 1 is 1.26 bits per heavy atom. The number of allylic oxidation sites excluding steroid dienone is 2. The maximum Gasteiger partial charge on any atom is 0.363 e. The summed E-state index contributed by atoms with van der Waals surface area (Å²) in [5.41, 5.74) is 7.36. The third-order valence-corrected chi connectivity index (χ3v) is 4.60. The molecule has 136 valence electrons. The van der Waals surface area contributed by atoms with Crippen LogP contribution in [0.5, 0.6) is 0 Å². The molecule has 0 fully saturated rings. The minimum absolute atomic E-state index is 0.169. The maximum absolute atomic E-state index is 10.8. The second kappa shape index (κ2) is 7.83. The molecule has 27 heavy (non-hydrogen) atoms. The number of hydrogen-bond donors (Lipinski definition) is 1. The highest BCUT2D eigenvalue weighted by Gasteiger charge is 2.13. The standard InChI is InChI=1S/C22H21N3O2/c1-4-16-8-6-7-9-19(16)21-14-23-15(3)20(21)12-17(5-2)18-10-11-22(24-13-18)25(26)27/h5-14,23H,2,4H2,1,3H3/b17-12+. The van der Waals surface area contributed by atoms with Crippen molar-refractivity contribution in [2.45, 2.75) is 20.3 Å². The predicted molar refractivity (Wildman–Crippen MR) is 109 cm³/mol. The molecular weight excluding hydrogens is 338 g/mol. The van der Waals surface area contributed by atoms with Gasteiger partial charge in [-0.15, -0.1) is 0 Å². The lowest BCUT2D eigenvalue weighted by Crippen LogP contribution is -1.93. The highest BCUT2D eigenvalue weighted by molar-refractivity contribution is 5.92. The van der Waals surface area contributed by atoms with E-state index in [1.165, 1.54) is 23.4 Å². The number of nitrogens with zero attached hydrogens (tertiary/aromatic N) is 2. The Hall–Kier alpha value is -3.47. The van der Waals surface area contributed by atoms with Crippen molar-refractivity contribution in [3.05, 3.63) is 93.9 Å². The molecule has 0 saturated carbocycles. The van der Waals surface area contributed by atoms with Crippen LogP contribution in [0, 0.1) is 17.0 Å². The normalized spacial score (nSPS) is 11.4. The van der Waals surface area contributed by atoms with E-state index in [0.29, 0.717) is 0 Å². The molecule has 2 heterocycles. The third kappa shape index (κ3) is 3.72. The Balaban J connectivity index is 2.09. The summed E-state index contributed by atoms with van der Waals surface area (Å²) in [5.74, 6) is -0.169. The molecule has 0 radical (unpaired) electrons. The Kier molecular flexibility index (Phi) is 5.31. The Morgan fingerprint density at radius 3 is 2.67 bits per heavy atom. The van der Waals surface area contributed by atoms with Gasteiger partial charge in [0.15, 0.2) is 0 Å². The van der Waals surface area contributed by atoms with Gasteiger partial charge in [-0.1, -0.05) is 43.8 Å². The van der Waals surface area contributed by atoms with Gasteiger partial charge in [0.05, 0.1) is 0 Å². The Morgan fingerprint density at radius 2 is 2.04 bits per heavy atom. The van der Waals surface area contributed by atoms with E-state index < -0.39 is 4.92 Å². The average Bonchev–Trinajstić information content (AvgIpc) is 3.06. The summed E-state index contributed by atoms with van der Waals surface area (Å²) >= 11 is 0. The van der Waals surface area contributed by atoms with Crippen molar-refractivity contribution in [2.24, 2.45) is 0 Å². The number of aromatic amines is 1. The third-order valence-electron chi connectivity index (χ3n) is 4.60. The van der Waals surface area contributed by atoms with E-state index in [4.69, 9.17) is 0 Å². The molecule has 0 unspecified atom stereocenters. The summed E-state index contributed by atoms with van der Waals surface area (Å²) in [6.45, 7) is 8.07. The van der Waals surface area contributed by atoms with E-state index in [9.17, 15) is 10.1 Å². The van der Waals surface area contributed by atoms with Crippen LogP contribution >= 0.6 is 0 Å². The van der Waals surface area contributed by atoms with Crippen molar-refractivity contribution in [3.63, 3.8) is 0 Å². The molecule has 0 aliphatic rings. The van der Waals surface area contributed by atoms with Crippen LogP contribution in [0.1, 0.15) is 29.3 Å². The van der Waals surface area contributed by atoms with E-state index >= 15 is 0 Å². The molecule has 3 aromatic rings. The number of rotatable bonds is 6. The van der Waals surface area contributed by atoms with Gasteiger partial charge >= 0.3 is 5.82 Å². The molecule has 5 heteroatoms. The van der Waals surface area contributed by atoms with Crippen LogP contribution in [-0.2, 0) is 6.42 Å². The van der Waals surface area contributed by atoms with Gasteiger partial charge in [-0.3, -0.25) is 0 Å². The Bertz CT molecular complexity index is 1010. The number of aromatic nitrogens is 2. The molecule has 2 aromatic heterocycles. The fraction of sp³-hybridized carbons (Fsp3) is 0.136. The molecule has 3 rings (SSSR count). The van der Waals surface area contributed by atoms with Gasteiger partial charge in [0.1, 0.15) is 6.20 Å². The number of nitrogens with one attached hydrogen (secondary N) is 1. The first kappa shape index (κ1) is 18.3. The van der Waals surface area contributed by atoms with E-state index in [-0.39, 0.29) is 5.82 Å². The lowest BCUT2D eigenvalue weighted by atomic mass is 9.94. The SMILES string of the molecule is C=C/C(=C\c1c(-c2ccccc2CC)c[nH]c1C)c1ccc([N+](=O)[O-])nc1. The van der Waals surface area contributed by atoms with Crippen LogP contribution in [-0.4, -0.2) is 14.9 Å². The highest BCUT2D eigenvalue weighted by atomic mass is 16.6. The van der Waals surface area contributed by atoms with Gasteiger partial charge in [0, 0.05) is 34.6 Å². The number of pyridine rings is 1. The molecule has 0 aliphatic carbocycles. The van der Waals surface area contributed by atoms with E-state index in [0.717, 1.165) is 34.4 Å². The summed E-state index contributed by atoms with van der Waals surface area (Å²) in [5, 5.41) is 10.8. The van der Waals surface area contributed by atoms with Gasteiger partial charge < -0.3 is 15.1 Å². The van der Waals surface area contributed by atoms with Crippen LogP contribution in [0.2, 0.25) is 0 Å². The molecule has 0 saturated heterocycles. The number of nitro groups is 1. The number of hydrogen-bond acceptors (Lipinski definition) is 3. The first-order chi connectivity index (χ1) is 13.0. The molecular formula is C22H21N3O2. The topological polar surface area (TPSA) is 71.8 Å². The number of H-pyrrole nitrogens is 1. The van der Waals surface area contributed by atoms with Crippen LogP contribution < -0.4 is 0 Å². The first-order valence-corrected chi connectivity index (χ1v) is 8.76. The summed E-state index contributed by atoms with van der Waals surface area (Å²) in [7, 11) is 0. The van der Waals surface area contributed by atoms with Crippen LogP contribution in [0.4, 0.5) is 5.82 Å². The zero-order valence-electron chi connectivity index (χ0n) is 15.4. The van der Waals surface area contributed by atoms with Gasteiger partial charge in [-0.25, -0.2) is 0 Å². The predicted octanol–water partition coefficient (Wildman–Crippen LogP) is 5.58. The molecule has 1 aromatic carbocycles. The number of aryl methyl sites for hydroxylation is 2.